The summed E-state index contributed by atoms with van der Waals surface area (Å²) in [6.45, 7) is 10.0. The molecule has 5 nitrogen and oxygen atoms in total. The van der Waals surface area contributed by atoms with E-state index in [1.54, 1.807) is 6.33 Å². The fourth-order valence-electron chi connectivity index (χ4n) is 2.44. The van der Waals surface area contributed by atoms with Crippen LogP contribution in [0.15, 0.2) is 12.5 Å². The second-order valence-corrected chi connectivity index (χ2v) is 8.72. The number of hydrogen-bond acceptors (Lipinski definition) is 4. The lowest BCUT2D eigenvalue weighted by molar-refractivity contribution is 0.136. The molecule has 2 rings (SSSR count). The molecule has 1 atom stereocenters. The van der Waals surface area contributed by atoms with Crippen molar-refractivity contribution in [2.45, 2.75) is 45.0 Å². The van der Waals surface area contributed by atoms with Crippen molar-refractivity contribution >= 4 is 9.84 Å². The average molecular weight is 285 g/mol. The lowest BCUT2D eigenvalue weighted by Crippen LogP contribution is -2.54. The lowest BCUT2D eigenvalue weighted by Gasteiger charge is -2.41. The topological polar surface area (TPSA) is 55.2 Å². The highest BCUT2D eigenvalue weighted by Gasteiger charge is 2.36. The fourth-order valence-corrected chi connectivity index (χ4v) is 4.06. The quantitative estimate of drug-likeness (QED) is 0.816. The highest BCUT2D eigenvalue weighted by Crippen LogP contribution is 2.22. The van der Waals surface area contributed by atoms with Gasteiger partial charge < -0.3 is 4.57 Å². The van der Waals surface area contributed by atoms with Crippen LogP contribution in [0.2, 0.25) is 0 Å². The molecule has 1 saturated heterocycles. The summed E-state index contributed by atoms with van der Waals surface area (Å²) in [5.74, 6) is 0.253. The monoisotopic (exact) mass is 285 g/mol. The van der Waals surface area contributed by atoms with Gasteiger partial charge in [0.2, 0.25) is 0 Å². The summed E-state index contributed by atoms with van der Waals surface area (Å²) >= 11 is 0. The third-order valence-electron chi connectivity index (χ3n) is 3.70. The molecule has 1 aliphatic heterocycles. The minimum absolute atomic E-state index is 0.0129. The van der Waals surface area contributed by atoms with Gasteiger partial charge >= 0.3 is 0 Å². The van der Waals surface area contributed by atoms with E-state index in [1.807, 2.05) is 17.7 Å². The van der Waals surface area contributed by atoms with Crippen LogP contribution in [0, 0.1) is 6.92 Å². The molecule has 0 aromatic carbocycles. The van der Waals surface area contributed by atoms with Gasteiger partial charge in [-0.1, -0.05) is 0 Å². The largest absolute Gasteiger partial charge is 0.336 e. The molecular weight excluding hydrogens is 262 g/mol. The van der Waals surface area contributed by atoms with Gasteiger partial charge in [0.15, 0.2) is 9.84 Å². The van der Waals surface area contributed by atoms with E-state index in [9.17, 15) is 8.42 Å². The molecule has 1 aromatic rings. The van der Waals surface area contributed by atoms with E-state index in [0.717, 1.165) is 5.69 Å². The molecule has 0 radical (unpaired) electrons. The summed E-state index contributed by atoms with van der Waals surface area (Å²) < 4.78 is 26.3. The summed E-state index contributed by atoms with van der Waals surface area (Å²) in [5.41, 5.74) is 0.930. The first-order chi connectivity index (χ1) is 8.68. The number of imidazole rings is 1. The molecule has 2 heterocycles. The molecule has 0 N–H and O–H groups in total. The van der Waals surface area contributed by atoms with Gasteiger partial charge in [0.25, 0.3) is 0 Å². The Hall–Kier alpha value is -0.880. The number of aromatic nitrogens is 2. The second-order valence-electron chi connectivity index (χ2n) is 6.32. The van der Waals surface area contributed by atoms with Gasteiger partial charge in [-0.3, -0.25) is 4.90 Å². The van der Waals surface area contributed by atoms with Gasteiger partial charge in [0.1, 0.15) is 0 Å². The molecule has 0 aliphatic carbocycles. The molecule has 1 unspecified atom stereocenters. The average Bonchev–Trinajstić information content (AvgIpc) is 2.65. The number of sulfone groups is 1. The van der Waals surface area contributed by atoms with E-state index in [4.69, 9.17) is 0 Å². The highest BCUT2D eigenvalue weighted by atomic mass is 32.2. The zero-order valence-electron chi connectivity index (χ0n) is 12.1. The highest BCUT2D eigenvalue weighted by molar-refractivity contribution is 7.92. The summed E-state index contributed by atoms with van der Waals surface area (Å²) in [4.78, 5) is 6.40. The SMILES string of the molecule is Cc1cn(CC2CN(C(C)(C)C)CCS2(=O)=O)cn1. The Balaban J connectivity index is 2.15. The van der Waals surface area contributed by atoms with Crippen LogP contribution in [0.1, 0.15) is 26.5 Å². The predicted octanol–water partition coefficient (Wildman–Crippen LogP) is 1.09. The molecule has 1 fully saturated rings. The maximum Gasteiger partial charge on any atom is 0.157 e. The standard InChI is InChI=1S/C13H23N3O2S/c1-11-7-15(10-14-11)8-12-9-16(13(2,3)4)5-6-19(12,17)18/h7,10,12H,5-6,8-9H2,1-4H3. The normalized spacial score (nSPS) is 24.5. The number of rotatable bonds is 2. The van der Waals surface area contributed by atoms with Crippen LogP contribution in [0.3, 0.4) is 0 Å². The van der Waals surface area contributed by atoms with E-state index >= 15 is 0 Å². The molecule has 1 aromatic heterocycles. The number of nitrogens with zero attached hydrogens (tertiary/aromatic N) is 3. The van der Waals surface area contributed by atoms with Crippen LogP contribution in [0.25, 0.3) is 0 Å². The van der Waals surface area contributed by atoms with E-state index in [1.165, 1.54) is 0 Å². The Labute approximate surface area is 115 Å². The van der Waals surface area contributed by atoms with Crippen molar-refractivity contribution in [3.8, 4) is 0 Å². The van der Waals surface area contributed by atoms with Gasteiger partial charge in [0, 0.05) is 31.4 Å². The molecular formula is C13H23N3O2S. The maximum absolute atomic E-state index is 12.2. The van der Waals surface area contributed by atoms with Crippen LogP contribution >= 0.6 is 0 Å². The molecule has 0 saturated carbocycles. The molecule has 0 amide bonds. The van der Waals surface area contributed by atoms with Gasteiger partial charge in [-0.15, -0.1) is 0 Å². The van der Waals surface area contributed by atoms with Gasteiger partial charge in [-0.05, 0) is 27.7 Å². The minimum Gasteiger partial charge on any atom is -0.336 e. The van der Waals surface area contributed by atoms with Gasteiger partial charge in [0.05, 0.1) is 23.0 Å². The van der Waals surface area contributed by atoms with Gasteiger partial charge in [-0.2, -0.15) is 0 Å². The third kappa shape index (κ3) is 3.36. The van der Waals surface area contributed by atoms with Crippen LogP contribution in [-0.4, -0.2) is 52.5 Å². The van der Waals surface area contributed by atoms with Crippen LogP contribution in [0.4, 0.5) is 0 Å². The van der Waals surface area contributed by atoms with Crippen LogP contribution in [-0.2, 0) is 16.4 Å². The van der Waals surface area contributed by atoms with Crippen molar-refractivity contribution in [3.63, 3.8) is 0 Å². The molecule has 0 bridgehead atoms. The first kappa shape index (κ1) is 14.5. The van der Waals surface area contributed by atoms with Crippen molar-refractivity contribution in [1.29, 1.82) is 0 Å². The van der Waals surface area contributed by atoms with E-state index in [2.05, 4.69) is 30.7 Å². The first-order valence-corrected chi connectivity index (χ1v) is 8.35. The maximum atomic E-state index is 12.2. The Morgan fingerprint density at radius 1 is 1.42 bits per heavy atom. The summed E-state index contributed by atoms with van der Waals surface area (Å²) in [7, 11) is -3.00. The Morgan fingerprint density at radius 3 is 2.63 bits per heavy atom. The minimum atomic E-state index is -3.00. The van der Waals surface area contributed by atoms with Crippen molar-refractivity contribution in [1.82, 2.24) is 14.5 Å². The predicted molar refractivity (Wildman–Crippen MR) is 75.9 cm³/mol. The zero-order chi connectivity index (χ0) is 14.3. The Bertz CT molecular complexity index is 542. The summed E-state index contributed by atoms with van der Waals surface area (Å²) in [5, 5.41) is -0.339. The van der Waals surface area contributed by atoms with Crippen molar-refractivity contribution in [3.05, 3.63) is 18.2 Å². The molecule has 1 aliphatic rings. The molecule has 0 spiro atoms. The summed E-state index contributed by atoms with van der Waals surface area (Å²) in [6.07, 6.45) is 3.60. The van der Waals surface area contributed by atoms with Crippen LogP contribution < -0.4 is 0 Å². The molecule has 108 valence electrons. The Morgan fingerprint density at radius 2 is 2.11 bits per heavy atom. The smallest absolute Gasteiger partial charge is 0.157 e. The van der Waals surface area contributed by atoms with Gasteiger partial charge in [-0.25, -0.2) is 13.4 Å². The van der Waals surface area contributed by atoms with Crippen LogP contribution in [0.5, 0.6) is 0 Å². The zero-order valence-corrected chi connectivity index (χ0v) is 12.9. The van der Waals surface area contributed by atoms with E-state index in [-0.39, 0.29) is 16.5 Å². The fraction of sp³-hybridized carbons (Fsp3) is 0.769. The van der Waals surface area contributed by atoms with Crippen molar-refractivity contribution in [2.75, 3.05) is 18.8 Å². The number of aryl methyl sites for hydroxylation is 1. The first-order valence-electron chi connectivity index (χ1n) is 6.63. The Kier molecular flexibility index (Phi) is 3.75. The summed E-state index contributed by atoms with van der Waals surface area (Å²) in [6, 6.07) is 0. The molecule has 6 heteroatoms. The van der Waals surface area contributed by atoms with E-state index < -0.39 is 9.84 Å². The lowest BCUT2D eigenvalue weighted by atomic mass is 10.1. The van der Waals surface area contributed by atoms with Crippen molar-refractivity contribution in [2.24, 2.45) is 0 Å². The second kappa shape index (κ2) is 4.90. The number of hydrogen-bond donors (Lipinski definition) is 0. The third-order valence-corrected chi connectivity index (χ3v) is 5.77. The van der Waals surface area contributed by atoms with Crippen molar-refractivity contribution < 1.29 is 8.42 Å². The van der Waals surface area contributed by atoms with E-state index in [0.29, 0.717) is 19.6 Å². The molecule has 19 heavy (non-hydrogen) atoms.